The molecule has 0 aliphatic carbocycles. The smallest absolute Gasteiger partial charge is 0.262 e. The molecule has 8 nitrogen and oxygen atoms in total. The van der Waals surface area contributed by atoms with E-state index in [0.29, 0.717) is 68.4 Å². The summed E-state index contributed by atoms with van der Waals surface area (Å²) in [5.41, 5.74) is 1.67. The quantitative estimate of drug-likeness (QED) is 0.155. The molecule has 0 bridgehead atoms. The van der Waals surface area contributed by atoms with Gasteiger partial charge in [0, 0.05) is 22.7 Å². The van der Waals surface area contributed by atoms with Crippen molar-refractivity contribution < 1.29 is 19.0 Å². The average Bonchev–Trinajstić information content (AvgIpc) is 2.95. The number of benzene rings is 3. The summed E-state index contributed by atoms with van der Waals surface area (Å²) in [6.07, 6.45) is 1.05. The molecule has 1 unspecified atom stereocenters. The molecule has 11 heteroatoms. The Hall–Kier alpha value is -3.40. The highest BCUT2D eigenvalue weighted by atomic mass is 35.5. The predicted molar refractivity (Wildman–Crippen MR) is 161 cm³/mol. The molecule has 1 amide bonds. The normalized spacial score (nSPS) is 11.8. The molecule has 0 aliphatic rings. The number of rotatable bonds is 11. The van der Waals surface area contributed by atoms with Crippen LogP contribution in [0.2, 0.25) is 10.0 Å². The van der Waals surface area contributed by atoms with Crippen LogP contribution in [0, 0.1) is 0 Å². The zero-order valence-electron chi connectivity index (χ0n) is 22.5. The van der Waals surface area contributed by atoms with Gasteiger partial charge in [0.2, 0.25) is 5.91 Å². The molecule has 0 saturated carbocycles. The SMILES string of the molecule is CCC(Sc1nc2cc(OC)c(OC)cc2c(=O)n1CCc1ccc(Cl)cc1)C(=O)Nc1cc(Cl)ccc1OC. The molecule has 0 radical (unpaired) electrons. The van der Waals surface area contributed by atoms with Crippen LogP contribution in [-0.4, -0.2) is 42.0 Å². The number of aryl methyl sites for hydroxylation is 1. The Morgan fingerprint density at radius 3 is 2.25 bits per heavy atom. The molecular weight excluding hydrogens is 573 g/mol. The lowest BCUT2D eigenvalue weighted by Gasteiger charge is -2.19. The van der Waals surface area contributed by atoms with Crippen molar-refractivity contribution in [3.63, 3.8) is 0 Å². The summed E-state index contributed by atoms with van der Waals surface area (Å²) >= 11 is 13.4. The van der Waals surface area contributed by atoms with Gasteiger partial charge in [-0.2, -0.15) is 0 Å². The first kappa shape index (κ1) is 29.6. The number of ether oxygens (including phenoxy) is 3. The highest BCUT2D eigenvalue weighted by Gasteiger charge is 2.24. The highest BCUT2D eigenvalue weighted by molar-refractivity contribution is 8.00. The molecule has 4 rings (SSSR count). The van der Waals surface area contributed by atoms with Crippen LogP contribution in [0.1, 0.15) is 18.9 Å². The van der Waals surface area contributed by atoms with Gasteiger partial charge in [0.25, 0.3) is 5.56 Å². The van der Waals surface area contributed by atoms with E-state index in [1.54, 1.807) is 34.9 Å². The van der Waals surface area contributed by atoms with Crippen LogP contribution in [-0.2, 0) is 17.8 Å². The van der Waals surface area contributed by atoms with Crippen LogP contribution in [0.4, 0.5) is 5.69 Å². The molecule has 0 fully saturated rings. The van der Waals surface area contributed by atoms with Crippen molar-refractivity contribution in [3.8, 4) is 17.2 Å². The summed E-state index contributed by atoms with van der Waals surface area (Å²) < 4.78 is 17.8. The summed E-state index contributed by atoms with van der Waals surface area (Å²) in [5.74, 6) is 1.11. The number of carbonyl (C=O) groups is 1. The van der Waals surface area contributed by atoms with Crippen LogP contribution in [0.3, 0.4) is 0 Å². The summed E-state index contributed by atoms with van der Waals surface area (Å²) in [6.45, 7) is 2.25. The highest BCUT2D eigenvalue weighted by Crippen LogP contribution is 2.33. The van der Waals surface area contributed by atoms with Gasteiger partial charge in [-0.25, -0.2) is 4.98 Å². The van der Waals surface area contributed by atoms with E-state index in [1.165, 1.54) is 33.1 Å². The zero-order chi connectivity index (χ0) is 28.8. The van der Waals surface area contributed by atoms with Crippen molar-refractivity contribution in [1.82, 2.24) is 9.55 Å². The third-order valence-corrected chi connectivity index (χ3v) is 8.13. The maximum Gasteiger partial charge on any atom is 0.262 e. The molecule has 0 saturated heterocycles. The lowest BCUT2D eigenvalue weighted by molar-refractivity contribution is -0.115. The van der Waals surface area contributed by atoms with Crippen molar-refractivity contribution in [2.45, 2.75) is 36.7 Å². The van der Waals surface area contributed by atoms with E-state index in [1.807, 2.05) is 31.2 Å². The van der Waals surface area contributed by atoms with E-state index < -0.39 is 5.25 Å². The largest absolute Gasteiger partial charge is 0.495 e. The molecule has 1 aromatic heterocycles. The third-order valence-electron chi connectivity index (χ3n) is 6.29. The Labute approximate surface area is 246 Å². The van der Waals surface area contributed by atoms with Gasteiger partial charge in [-0.1, -0.05) is 54.0 Å². The fraction of sp³-hybridized carbons (Fsp3) is 0.276. The van der Waals surface area contributed by atoms with Gasteiger partial charge in [-0.05, 0) is 54.8 Å². The number of halogens is 2. The number of fused-ring (bicyclic) bond motifs is 1. The molecular formula is C29H29Cl2N3O5S. The topological polar surface area (TPSA) is 91.7 Å². The van der Waals surface area contributed by atoms with E-state index in [4.69, 9.17) is 42.4 Å². The number of amides is 1. The summed E-state index contributed by atoms with van der Waals surface area (Å²) in [7, 11) is 4.56. The maximum absolute atomic E-state index is 13.8. The summed E-state index contributed by atoms with van der Waals surface area (Å²) in [6, 6.07) is 15.8. The Balaban J connectivity index is 1.73. The standard InChI is InChI=1S/C29H29Cl2N3O5S/c1-5-26(27(35)32-22-14-19(31)10-11-23(22)37-2)40-29-33-21-16-25(39-4)24(38-3)15-20(21)28(36)34(29)13-12-17-6-8-18(30)9-7-17/h6-11,14-16,26H,5,12-13H2,1-4H3,(H,32,35). The monoisotopic (exact) mass is 601 g/mol. The number of nitrogens with zero attached hydrogens (tertiary/aromatic N) is 2. The van der Waals surface area contributed by atoms with E-state index in [0.717, 1.165) is 5.56 Å². The number of carbonyl (C=O) groups excluding carboxylic acids is 1. The molecule has 1 atom stereocenters. The van der Waals surface area contributed by atoms with Crippen LogP contribution in [0.5, 0.6) is 17.2 Å². The van der Waals surface area contributed by atoms with E-state index in [2.05, 4.69) is 5.32 Å². The number of anilines is 1. The second-order valence-electron chi connectivity index (χ2n) is 8.80. The molecule has 0 aliphatic heterocycles. The van der Waals surface area contributed by atoms with E-state index >= 15 is 0 Å². The van der Waals surface area contributed by atoms with Crippen LogP contribution < -0.4 is 25.1 Å². The van der Waals surface area contributed by atoms with Crippen molar-refractivity contribution >= 4 is 57.5 Å². The number of thioether (sulfide) groups is 1. The van der Waals surface area contributed by atoms with Gasteiger partial charge in [0.1, 0.15) is 5.75 Å². The molecule has 0 spiro atoms. The molecule has 1 N–H and O–H groups in total. The third kappa shape index (κ3) is 6.66. The van der Waals surface area contributed by atoms with Gasteiger partial charge in [-0.3, -0.25) is 14.2 Å². The second kappa shape index (κ2) is 13.3. The van der Waals surface area contributed by atoms with Crippen LogP contribution in [0.25, 0.3) is 10.9 Å². The molecule has 4 aromatic rings. The van der Waals surface area contributed by atoms with Crippen molar-refractivity contribution in [2.24, 2.45) is 0 Å². The predicted octanol–water partition coefficient (Wildman–Crippen LogP) is 6.48. The van der Waals surface area contributed by atoms with Gasteiger partial charge >= 0.3 is 0 Å². The summed E-state index contributed by atoms with van der Waals surface area (Å²) in [4.78, 5) is 32.0. The minimum atomic E-state index is -0.560. The Morgan fingerprint density at radius 2 is 1.60 bits per heavy atom. The molecule has 40 heavy (non-hydrogen) atoms. The number of aromatic nitrogens is 2. The fourth-order valence-corrected chi connectivity index (χ4v) is 5.49. The Morgan fingerprint density at radius 1 is 0.950 bits per heavy atom. The minimum absolute atomic E-state index is 0.241. The van der Waals surface area contributed by atoms with Crippen molar-refractivity contribution in [2.75, 3.05) is 26.6 Å². The molecule has 1 heterocycles. The summed E-state index contributed by atoms with van der Waals surface area (Å²) in [5, 5.41) is 4.26. The van der Waals surface area contributed by atoms with Crippen molar-refractivity contribution in [3.05, 3.63) is 80.6 Å². The Bertz CT molecular complexity index is 1580. The van der Waals surface area contributed by atoms with Crippen molar-refractivity contribution in [1.29, 1.82) is 0 Å². The van der Waals surface area contributed by atoms with E-state index in [-0.39, 0.29) is 11.5 Å². The van der Waals surface area contributed by atoms with Gasteiger partial charge < -0.3 is 19.5 Å². The van der Waals surface area contributed by atoms with Gasteiger partial charge in [0.05, 0.1) is 43.2 Å². The van der Waals surface area contributed by atoms with Gasteiger partial charge in [-0.15, -0.1) is 0 Å². The minimum Gasteiger partial charge on any atom is -0.495 e. The molecule has 3 aromatic carbocycles. The van der Waals surface area contributed by atoms with Crippen LogP contribution >= 0.6 is 35.0 Å². The zero-order valence-corrected chi connectivity index (χ0v) is 24.8. The number of methoxy groups -OCH3 is 3. The van der Waals surface area contributed by atoms with E-state index in [9.17, 15) is 9.59 Å². The van der Waals surface area contributed by atoms with Gasteiger partial charge in [0.15, 0.2) is 16.7 Å². The number of hydrogen-bond donors (Lipinski definition) is 1. The number of hydrogen-bond acceptors (Lipinski definition) is 7. The molecule has 210 valence electrons. The number of nitrogens with one attached hydrogen (secondary N) is 1. The second-order valence-corrected chi connectivity index (χ2v) is 10.8. The van der Waals surface area contributed by atoms with Crippen LogP contribution in [0.15, 0.2) is 64.5 Å². The first-order valence-corrected chi connectivity index (χ1v) is 14.1. The Kier molecular flexibility index (Phi) is 9.84. The maximum atomic E-state index is 13.8. The average molecular weight is 603 g/mol. The first-order chi connectivity index (χ1) is 19.3. The fourth-order valence-electron chi connectivity index (χ4n) is 4.15. The lowest BCUT2D eigenvalue weighted by atomic mass is 10.1. The lowest BCUT2D eigenvalue weighted by Crippen LogP contribution is -2.29. The first-order valence-electron chi connectivity index (χ1n) is 12.5.